The van der Waals surface area contributed by atoms with Gasteiger partial charge in [0, 0.05) is 13.5 Å². The van der Waals surface area contributed by atoms with Gasteiger partial charge in [0.25, 0.3) is 0 Å². The summed E-state index contributed by atoms with van der Waals surface area (Å²) in [5.41, 5.74) is 0. The van der Waals surface area contributed by atoms with Gasteiger partial charge in [-0.15, -0.1) is 0 Å². The molecular formula is C8H17NO6. The Kier molecular flexibility index (Phi) is 6.37. The van der Waals surface area contributed by atoms with Crippen molar-refractivity contribution in [3.63, 3.8) is 0 Å². The van der Waals surface area contributed by atoms with Crippen molar-refractivity contribution in [2.24, 2.45) is 0 Å². The highest BCUT2D eigenvalue weighted by Crippen LogP contribution is 2.04. The minimum atomic E-state index is -1.67. The van der Waals surface area contributed by atoms with E-state index in [1.807, 2.05) is 0 Å². The standard InChI is InChI=1S/C8H17NO6/c1-4(11)9-2-5(12)7(14)8(15)6(13)3-10/h5-8,10,12-15H,2-3H2,1H3,(H,9,11)/t5-,6-,7-,8-/m1/s1. The van der Waals surface area contributed by atoms with E-state index in [9.17, 15) is 20.1 Å². The Hall–Kier alpha value is -0.730. The predicted octanol–water partition coefficient (Wildman–Crippen LogP) is -3.44. The molecule has 0 fully saturated rings. The Morgan fingerprint density at radius 1 is 1.13 bits per heavy atom. The van der Waals surface area contributed by atoms with Crippen molar-refractivity contribution in [2.75, 3.05) is 13.2 Å². The van der Waals surface area contributed by atoms with Crippen molar-refractivity contribution in [1.82, 2.24) is 5.32 Å². The Morgan fingerprint density at radius 3 is 2.00 bits per heavy atom. The molecule has 0 radical (unpaired) electrons. The van der Waals surface area contributed by atoms with Crippen molar-refractivity contribution >= 4 is 5.91 Å². The van der Waals surface area contributed by atoms with Gasteiger partial charge in [-0.1, -0.05) is 0 Å². The van der Waals surface area contributed by atoms with E-state index in [-0.39, 0.29) is 6.54 Å². The average molecular weight is 223 g/mol. The van der Waals surface area contributed by atoms with E-state index in [1.54, 1.807) is 0 Å². The minimum absolute atomic E-state index is 0.244. The first kappa shape index (κ1) is 14.3. The van der Waals surface area contributed by atoms with Crippen LogP contribution < -0.4 is 5.32 Å². The SMILES string of the molecule is CC(=O)NC[C@@H](O)[C@@H](O)[C@H](O)[C@H](O)CO. The summed E-state index contributed by atoms with van der Waals surface area (Å²) in [6, 6.07) is 0. The number of hydrogen-bond donors (Lipinski definition) is 6. The van der Waals surface area contributed by atoms with Gasteiger partial charge in [0.1, 0.15) is 18.3 Å². The zero-order valence-corrected chi connectivity index (χ0v) is 8.37. The first-order chi connectivity index (χ1) is 6.90. The third-order valence-electron chi connectivity index (χ3n) is 1.89. The second kappa shape index (κ2) is 6.70. The van der Waals surface area contributed by atoms with Crippen LogP contribution in [0.5, 0.6) is 0 Å². The summed E-state index contributed by atoms with van der Waals surface area (Å²) in [5.74, 6) is -0.390. The highest BCUT2D eigenvalue weighted by atomic mass is 16.4. The van der Waals surface area contributed by atoms with Gasteiger partial charge in [-0.25, -0.2) is 0 Å². The maximum atomic E-state index is 10.5. The predicted molar refractivity (Wildman–Crippen MR) is 49.8 cm³/mol. The summed E-state index contributed by atoms with van der Waals surface area (Å²) in [4.78, 5) is 10.5. The quantitative estimate of drug-likeness (QED) is 0.278. The molecule has 0 bridgehead atoms. The molecule has 6 N–H and O–H groups in total. The fraction of sp³-hybridized carbons (Fsp3) is 0.875. The van der Waals surface area contributed by atoms with Crippen LogP contribution in [0.2, 0.25) is 0 Å². The largest absolute Gasteiger partial charge is 0.394 e. The molecule has 0 aliphatic rings. The molecular weight excluding hydrogens is 206 g/mol. The molecule has 1 amide bonds. The number of aliphatic hydroxyl groups is 5. The van der Waals surface area contributed by atoms with E-state index in [1.165, 1.54) is 6.92 Å². The maximum absolute atomic E-state index is 10.5. The van der Waals surface area contributed by atoms with Gasteiger partial charge in [0.2, 0.25) is 5.91 Å². The second-order valence-corrected chi connectivity index (χ2v) is 3.24. The van der Waals surface area contributed by atoms with Crippen LogP contribution in [0.25, 0.3) is 0 Å². The van der Waals surface area contributed by atoms with Gasteiger partial charge in [-0.2, -0.15) is 0 Å². The van der Waals surface area contributed by atoms with Crippen molar-refractivity contribution < 1.29 is 30.3 Å². The van der Waals surface area contributed by atoms with Gasteiger partial charge in [0.15, 0.2) is 0 Å². The maximum Gasteiger partial charge on any atom is 0.216 e. The topological polar surface area (TPSA) is 130 Å². The van der Waals surface area contributed by atoms with Gasteiger partial charge in [-0.3, -0.25) is 4.79 Å². The molecule has 0 aromatic rings. The van der Waals surface area contributed by atoms with Gasteiger partial charge in [0.05, 0.1) is 12.7 Å². The fourth-order valence-electron chi connectivity index (χ4n) is 0.932. The molecule has 0 rings (SSSR count). The number of carbonyl (C=O) groups is 1. The normalized spacial score (nSPS) is 19.1. The highest BCUT2D eigenvalue weighted by molar-refractivity contribution is 5.72. The number of rotatable bonds is 6. The summed E-state index contributed by atoms with van der Waals surface area (Å²) in [7, 11) is 0. The first-order valence-corrected chi connectivity index (χ1v) is 4.47. The van der Waals surface area contributed by atoms with Crippen molar-refractivity contribution in [1.29, 1.82) is 0 Å². The second-order valence-electron chi connectivity index (χ2n) is 3.24. The Bertz CT molecular complexity index is 200. The van der Waals surface area contributed by atoms with Crippen LogP contribution in [0.4, 0.5) is 0 Å². The molecule has 0 aromatic heterocycles. The first-order valence-electron chi connectivity index (χ1n) is 4.47. The lowest BCUT2D eigenvalue weighted by Crippen LogP contribution is -2.49. The summed E-state index contributed by atoms with van der Waals surface area (Å²) in [6.45, 7) is 0.259. The summed E-state index contributed by atoms with van der Waals surface area (Å²) < 4.78 is 0. The average Bonchev–Trinajstić information content (AvgIpc) is 2.22. The molecule has 90 valence electrons. The number of hydrogen-bond acceptors (Lipinski definition) is 6. The molecule has 4 atom stereocenters. The molecule has 0 saturated heterocycles. The summed E-state index contributed by atoms with van der Waals surface area (Å²) in [5, 5.41) is 47.4. The monoisotopic (exact) mass is 223 g/mol. The molecule has 0 heterocycles. The third-order valence-corrected chi connectivity index (χ3v) is 1.89. The summed E-state index contributed by atoms with van der Waals surface area (Å²) in [6.07, 6.45) is -6.25. The lowest BCUT2D eigenvalue weighted by Gasteiger charge is -2.25. The molecule has 0 aliphatic heterocycles. The Balaban J connectivity index is 4.06. The minimum Gasteiger partial charge on any atom is -0.394 e. The smallest absolute Gasteiger partial charge is 0.216 e. The van der Waals surface area contributed by atoms with Crippen molar-refractivity contribution in [2.45, 2.75) is 31.3 Å². The number of carbonyl (C=O) groups excluding carboxylic acids is 1. The van der Waals surface area contributed by atoms with Gasteiger partial charge >= 0.3 is 0 Å². The lowest BCUT2D eigenvalue weighted by molar-refractivity contribution is -0.124. The van der Waals surface area contributed by atoms with Gasteiger partial charge < -0.3 is 30.8 Å². The molecule has 7 heteroatoms. The zero-order valence-electron chi connectivity index (χ0n) is 8.37. The van der Waals surface area contributed by atoms with E-state index < -0.39 is 36.9 Å². The molecule has 0 saturated carbocycles. The molecule has 0 aliphatic carbocycles. The van der Waals surface area contributed by atoms with Crippen LogP contribution in [0.1, 0.15) is 6.92 Å². The highest BCUT2D eigenvalue weighted by Gasteiger charge is 2.29. The van der Waals surface area contributed by atoms with E-state index in [0.717, 1.165) is 0 Å². The third kappa shape index (κ3) is 5.05. The van der Waals surface area contributed by atoms with E-state index in [2.05, 4.69) is 5.32 Å². The van der Waals surface area contributed by atoms with Crippen LogP contribution in [0.3, 0.4) is 0 Å². The lowest BCUT2D eigenvalue weighted by atomic mass is 10.0. The zero-order chi connectivity index (χ0) is 12.0. The number of aliphatic hydroxyl groups excluding tert-OH is 5. The van der Waals surface area contributed by atoms with E-state index in [4.69, 9.17) is 10.2 Å². The van der Waals surface area contributed by atoms with Crippen LogP contribution in [-0.4, -0.2) is 69.0 Å². The number of amides is 1. The molecule has 15 heavy (non-hydrogen) atoms. The van der Waals surface area contributed by atoms with Crippen molar-refractivity contribution in [3.05, 3.63) is 0 Å². The van der Waals surface area contributed by atoms with Crippen LogP contribution in [0, 0.1) is 0 Å². The van der Waals surface area contributed by atoms with Crippen LogP contribution in [-0.2, 0) is 4.79 Å². The molecule has 7 nitrogen and oxygen atoms in total. The van der Waals surface area contributed by atoms with E-state index in [0.29, 0.717) is 0 Å². The van der Waals surface area contributed by atoms with E-state index >= 15 is 0 Å². The molecule has 0 spiro atoms. The Morgan fingerprint density at radius 2 is 1.60 bits per heavy atom. The molecule has 0 aromatic carbocycles. The summed E-state index contributed by atoms with van der Waals surface area (Å²) >= 11 is 0. The van der Waals surface area contributed by atoms with Crippen LogP contribution >= 0.6 is 0 Å². The van der Waals surface area contributed by atoms with Crippen LogP contribution in [0.15, 0.2) is 0 Å². The molecule has 0 unspecified atom stereocenters. The number of nitrogens with one attached hydrogen (secondary N) is 1. The Labute approximate surface area is 87.0 Å². The van der Waals surface area contributed by atoms with Crippen molar-refractivity contribution in [3.8, 4) is 0 Å². The fourth-order valence-corrected chi connectivity index (χ4v) is 0.932. The van der Waals surface area contributed by atoms with Gasteiger partial charge in [-0.05, 0) is 0 Å².